The van der Waals surface area contributed by atoms with Crippen LogP contribution in [-0.2, 0) is 5.41 Å². The SMILES string of the molecule is CC12CCCCC1(C)c1cc(-c3ccc4ccc5c(-c6ccccc6)ccc6ccc3c4c65)ccc1O2. The average Bonchev–Trinajstić information content (AvgIpc) is 3.18. The molecule has 2 unspecified atom stereocenters. The van der Waals surface area contributed by atoms with Crippen LogP contribution in [0.15, 0.2) is 97.1 Å². The van der Waals surface area contributed by atoms with E-state index in [-0.39, 0.29) is 11.0 Å². The lowest BCUT2D eigenvalue weighted by Gasteiger charge is -2.43. The molecule has 1 aliphatic carbocycles. The summed E-state index contributed by atoms with van der Waals surface area (Å²) in [6, 6.07) is 36.1. The van der Waals surface area contributed by atoms with E-state index < -0.39 is 0 Å². The lowest BCUT2D eigenvalue weighted by atomic mass is 9.63. The van der Waals surface area contributed by atoms with E-state index in [4.69, 9.17) is 4.74 Å². The Kier molecular flexibility index (Phi) is 4.23. The van der Waals surface area contributed by atoms with Crippen LogP contribution in [0.2, 0.25) is 0 Å². The summed E-state index contributed by atoms with van der Waals surface area (Å²) in [6.07, 6.45) is 4.87. The van der Waals surface area contributed by atoms with Gasteiger partial charge in [0.25, 0.3) is 0 Å². The molecule has 0 amide bonds. The van der Waals surface area contributed by atoms with Crippen LogP contribution >= 0.6 is 0 Å². The van der Waals surface area contributed by atoms with E-state index in [1.807, 2.05) is 0 Å². The zero-order valence-corrected chi connectivity index (χ0v) is 21.5. The predicted molar refractivity (Wildman–Crippen MR) is 156 cm³/mol. The maximum atomic E-state index is 6.63. The summed E-state index contributed by atoms with van der Waals surface area (Å²) in [6.45, 7) is 4.75. The minimum absolute atomic E-state index is 0.0744. The van der Waals surface area contributed by atoms with E-state index in [0.29, 0.717) is 0 Å². The van der Waals surface area contributed by atoms with Crippen LogP contribution in [0.4, 0.5) is 0 Å². The van der Waals surface area contributed by atoms with Gasteiger partial charge in [0, 0.05) is 11.0 Å². The van der Waals surface area contributed by atoms with Gasteiger partial charge >= 0.3 is 0 Å². The van der Waals surface area contributed by atoms with E-state index in [1.54, 1.807) is 0 Å². The number of fused-ring (bicyclic) bond motifs is 3. The Bertz CT molecular complexity index is 1830. The van der Waals surface area contributed by atoms with Crippen molar-refractivity contribution in [1.29, 1.82) is 0 Å². The first kappa shape index (κ1) is 21.3. The van der Waals surface area contributed by atoms with Gasteiger partial charge in [0.05, 0.1) is 0 Å². The van der Waals surface area contributed by atoms with Gasteiger partial charge in [-0.05, 0) is 92.9 Å². The largest absolute Gasteiger partial charge is 0.486 e. The zero-order chi connectivity index (χ0) is 24.8. The molecule has 0 N–H and O–H groups in total. The minimum atomic E-state index is -0.0945. The molecule has 37 heavy (non-hydrogen) atoms. The number of hydrogen-bond donors (Lipinski definition) is 0. The molecule has 2 atom stereocenters. The van der Waals surface area contributed by atoms with Gasteiger partial charge in [0.2, 0.25) is 0 Å². The van der Waals surface area contributed by atoms with Crippen LogP contribution in [0.3, 0.4) is 0 Å². The first-order valence-electron chi connectivity index (χ1n) is 13.7. The van der Waals surface area contributed by atoms with E-state index in [9.17, 15) is 0 Å². The number of ether oxygens (including phenoxy) is 1. The summed E-state index contributed by atoms with van der Waals surface area (Å²) in [4.78, 5) is 0. The Hall–Kier alpha value is -3.84. The summed E-state index contributed by atoms with van der Waals surface area (Å²) in [5.74, 6) is 1.08. The number of hydrogen-bond acceptors (Lipinski definition) is 1. The van der Waals surface area contributed by atoms with E-state index >= 15 is 0 Å². The maximum absolute atomic E-state index is 6.63. The van der Waals surface area contributed by atoms with E-state index in [2.05, 4.69) is 111 Å². The van der Waals surface area contributed by atoms with Gasteiger partial charge in [-0.25, -0.2) is 0 Å². The third kappa shape index (κ3) is 2.80. The lowest BCUT2D eigenvalue weighted by molar-refractivity contribution is 0.00740. The summed E-state index contributed by atoms with van der Waals surface area (Å²) in [5.41, 5.74) is 6.54. The maximum Gasteiger partial charge on any atom is 0.124 e. The van der Waals surface area contributed by atoms with Crippen LogP contribution in [0.1, 0.15) is 45.1 Å². The van der Waals surface area contributed by atoms with Crippen molar-refractivity contribution in [3.8, 4) is 28.0 Å². The Morgan fingerprint density at radius 1 is 0.595 bits per heavy atom. The van der Waals surface area contributed by atoms with Crippen LogP contribution < -0.4 is 4.74 Å². The fraction of sp³-hybridized carbons (Fsp3) is 0.222. The van der Waals surface area contributed by atoms with Crippen LogP contribution in [0, 0.1) is 0 Å². The molecule has 0 bridgehead atoms. The zero-order valence-electron chi connectivity index (χ0n) is 21.5. The highest BCUT2D eigenvalue weighted by Crippen LogP contribution is 2.57. The number of benzene rings is 6. The third-order valence-corrected chi connectivity index (χ3v) is 9.72. The van der Waals surface area contributed by atoms with Crippen molar-refractivity contribution in [3.05, 3.63) is 103 Å². The summed E-state index contributed by atoms with van der Waals surface area (Å²) < 4.78 is 6.63. The first-order chi connectivity index (χ1) is 18.1. The van der Waals surface area contributed by atoms with Crippen LogP contribution in [0.5, 0.6) is 5.75 Å². The number of rotatable bonds is 2. The molecule has 0 saturated heterocycles. The van der Waals surface area contributed by atoms with E-state index in [0.717, 1.165) is 12.2 Å². The molecule has 8 rings (SSSR count). The van der Waals surface area contributed by atoms with Crippen molar-refractivity contribution >= 4 is 32.3 Å². The molecule has 0 radical (unpaired) electrons. The van der Waals surface area contributed by atoms with Gasteiger partial charge in [0.15, 0.2) is 0 Å². The molecule has 6 aromatic rings. The summed E-state index contributed by atoms with van der Waals surface area (Å²) in [5, 5.41) is 8.00. The van der Waals surface area contributed by atoms with Crippen molar-refractivity contribution in [2.75, 3.05) is 0 Å². The molecule has 6 aromatic carbocycles. The van der Waals surface area contributed by atoms with Crippen molar-refractivity contribution < 1.29 is 4.74 Å². The molecule has 0 aromatic heterocycles. The minimum Gasteiger partial charge on any atom is -0.486 e. The topological polar surface area (TPSA) is 9.23 Å². The second-order valence-corrected chi connectivity index (χ2v) is 11.6. The average molecular weight is 479 g/mol. The molecule has 1 saturated carbocycles. The normalized spacial score (nSPS) is 22.9. The van der Waals surface area contributed by atoms with Crippen molar-refractivity contribution in [3.63, 3.8) is 0 Å². The fourth-order valence-electron chi connectivity index (χ4n) is 7.45. The molecule has 1 fully saturated rings. The van der Waals surface area contributed by atoms with Crippen LogP contribution in [0.25, 0.3) is 54.6 Å². The third-order valence-electron chi connectivity index (χ3n) is 9.72. The Morgan fingerprint density at radius 2 is 1.22 bits per heavy atom. The van der Waals surface area contributed by atoms with Gasteiger partial charge in [-0.2, -0.15) is 0 Å². The van der Waals surface area contributed by atoms with Gasteiger partial charge in [-0.1, -0.05) is 98.3 Å². The van der Waals surface area contributed by atoms with Gasteiger partial charge < -0.3 is 4.74 Å². The molecule has 1 aliphatic heterocycles. The molecule has 1 nitrogen and oxygen atoms in total. The Labute approximate surface area is 218 Å². The van der Waals surface area contributed by atoms with Gasteiger partial charge in [-0.15, -0.1) is 0 Å². The molecule has 180 valence electrons. The van der Waals surface area contributed by atoms with Crippen molar-refractivity contribution in [1.82, 2.24) is 0 Å². The lowest BCUT2D eigenvalue weighted by Crippen LogP contribution is -2.49. The highest BCUT2D eigenvalue weighted by Gasteiger charge is 2.55. The highest BCUT2D eigenvalue weighted by molar-refractivity contribution is 6.27. The van der Waals surface area contributed by atoms with E-state index in [1.165, 1.54) is 79.4 Å². The summed E-state index contributed by atoms with van der Waals surface area (Å²) in [7, 11) is 0. The molecule has 2 aliphatic rings. The second-order valence-electron chi connectivity index (χ2n) is 11.6. The van der Waals surface area contributed by atoms with Crippen molar-refractivity contribution in [2.45, 2.75) is 50.5 Å². The predicted octanol–water partition coefficient (Wildman–Crippen LogP) is 9.90. The fourth-order valence-corrected chi connectivity index (χ4v) is 7.45. The second kappa shape index (κ2) is 7.35. The van der Waals surface area contributed by atoms with Crippen molar-refractivity contribution in [2.24, 2.45) is 0 Å². The summed E-state index contributed by atoms with van der Waals surface area (Å²) >= 11 is 0. The monoisotopic (exact) mass is 478 g/mol. The molecule has 0 spiro atoms. The van der Waals surface area contributed by atoms with Crippen LogP contribution in [-0.4, -0.2) is 5.60 Å². The molecular formula is C36H30O. The molecule has 1 heteroatoms. The molecular weight excluding hydrogens is 448 g/mol. The standard InChI is InChI=1S/C36H30O/c1-35-20-6-7-21-36(35,2)37-32-19-14-26(22-31(32)35)28-16-11-25-12-17-29-27(23-8-4-3-5-9-23)15-10-24-13-18-30(28)34(25)33(24)29/h3-5,8-19,22H,6-7,20-21H2,1-2H3. The highest BCUT2D eigenvalue weighted by atomic mass is 16.5. The Balaban J connectivity index is 1.37. The quantitative estimate of drug-likeness (QED) is 0.225. The smallest absolute Gasteiger partial charge is 0.124 e. The first-order valence-corrected chi connectivity index (χ1v) is 13.7. The van der Waals surface area contributed by atoms with Gasteiger partial charge in [0.1, 0.15) is 11.4 Å². The molecule has 1 heterocycles. The Morgan fingerprint density at radius 3 is 1.92 bits per heavy atom. The van der Waals surface area contributed by atoms with Gasteiger partial charge in [-0.3, -0.25) is 0 Å².